The van der Waals surface area contributed by atoms with Crippen LogP contribution >= 0.6 is 8.07 Å². The first-order valence-corrected chi connectivity index (χ1v) is 7.62. The SMILES string of the molecule is CC(C)(C)P(NC1CCCC1)C(C)(C)C. The van der Waals surface area contributed by atoms with Gasteiger partial charge in [0.15, 0.2) is 0 Å². The van der Waals surface area contributed by atoms with Crippen LogP contribution in [0.15, 0.2) is 0 Å². The van der Waals surface area contributed by atoms with Crippen LogP contribution in [0, 0.1) is 0 Å². The molecule has 15 heavy (non-hydrogen) atoms. The first kappa shape index (κ1) is 13.5. The van der Waals surface area contributed by atoms with Crippen molar-refractivity contribution in [2.24, 2.45) is 0 Å². The lowest BCUT2D eigenvalue weighted by atomic mass is 10.2. The van der Waals surface area contributed by atoms with Crippen molar-refractivity contribution in [1.29, 1.82) is 0 Å². The molecule has 0 spiro atoms. The molecule has 1 fully saturated rings. The quantitative estimate of drug-likeness (QED) is 0.687. The minimum Gasteiger partial charge on any atom is -0.292 e. The largest absolute Gasteiger partial charge is 0.292 e. The molecule has 1 aliphatic carbocycles. The zero-order valence-corrected chi connectivity index (χ0v) is 12.2. The Kier molecular flexibility index (Phi) is 4.23. The Labute approximate surface area is 97.2 Å². The summed E-state index contributed by atoms with van der Waals surface area (Å²) >= 11 is 0. The molecule has 90 valence electrons. The smallest absolute Gasteiger partial charge is 0.0104 e. The van der Waals surface area contributed by atoms with Crippen LogP contribution in [0.4, 0.5) is 0 Å². The average Bonchev–Trinajstić information content (AvgIpc) is 2.46. The van der Waals surface area contributed by atoms with Gasteiger partial charge in [-0.05, 0) is 31.2 Å². The lowest BCUT2D eigenvalue weighted by Gasteiger charge is -2.43. The molecule has 0 amide bonds. The molecule has 1 rings (SSSR count). The van der Waals surface area contributed by atoms with Crippen LogP contribution in [0.2, 0.25) is 0 Å². The van der Waals surface area contributed by atoms with E-state index in [-0.39, 0.29) is 8.07 Å². The van der Waals surface area contributed by atoms with Gasteiger partial charge < -0.3 is 0 Å². The first-order valence-electron chi connectivity index (χ1n) is 6.28. The monoisotopic (exact) mass is 229 g/mol. The first-order chi connectivity index (χ1) is 6.71. The van der Waals surface area contributed by atoms with E-state index >= 15 is 0 Å². The van der Waals surface area contributed by atoms with Crippen molar-refractivity contribution in [1.82, 2.24) is 5.09 Å². The van der Waals surface area contributed by atoms with Crippen molar-refractivity contribution in [3.63, 3.8) is 0 Å². The van der Waals surface area contributed by atoms with Crippen molar-refractivity contribution in [2.45, 2.75) is 83.6 Å². The highest BCUT2D eigenvalue weighted by molar-refractivity contribution is 7.58. The second kappa shape index (κ2) is 4.72. The predicted molar refractivity (Wildman–Crippen MR) is 71.8 cm³/mol. The van der Waals surface area contributed by atoms with Gasteiger partial charge in [0.05, 0.1) is 0 Å². The number of rotatable bonds is 2. The fourth-order valence-corrected chi connectivity index (χ4v) is 6.04. The third kappa shape index (κ3) is 4.04. The maximum atomic E-state index is 3.96. The molecule has 0 unspecified atom stereocenters. The Balaban J connectivity index is 2.65. The van der Waals surface area contributed by atoms with Gasteiger partial charge in [0.2, 0.25) is 0 Å². The van der Waals surface area contributed by atoms with Crippen LogP contribution in [0.25, 0.3) is 0 Å². The molecule has 0 heterocycles. The van der Waals surface area contributed by atoms with Crippen LogP contribution < -0.4 is 5.09 Å². The lowest BCUT2D eigenvalue weighted by Crippen LogP contribution is -2.36. The molecule has 0 bridgehead atoms. The molecule has 1 N–H and O–H groups in total. The van der Waals surface area contributed by atoms with Crippen LogP contribution in [-0.2, 0) is 0 Å². The van der Waals surface area contributed by atoms with Crippen LogP contribution in [0.3, 0.4) is 0 Å². The van der Waals surface area contributed by atoms with E-state index < -0.39 is 0 Å². The summed E-state index contributed by atoms with van der Waals surface area (Å²) in [5.74, 6) is 0. The highest BCUT2D eigenvalue weighted by atomic mass is 31.1. The summed E-state index contributed by atoms with van der Waals surface area (Å²) in [5, 5.41) is 4.79. The molecular weight excluding hydrogens is 201 g/mol. The normalized spacial score (nSPS) is 20.2. The average molecular weight is 229 g/mol. The van der Waals surface area contributed by atoms with Crippen LogP contribution in [0.5, 0.6) is 0 Å². The topological polar surface area (TPSA) is 12.0 Å². The Bertz CT molecular complexity index is 180. The van der Waals surface area contributed by atoms with Crippen molar-refractivity contribution in [2.75, 3.05) is 0 Å². The second-order valence-electron chi connectivity index (χ2n) is 6.79. The van der Waals surface area contributed by atoms with Gasteiger partial charge in [0, 0.05) is 6.04 Å². The standard InChI is InChI=1S/C13H28NP/c1-12(2,3)15(13(4,5)6)14-11-9-7-8-10-11/h11,14H,7-10H2,1-6H3. The fourth-order valence-electron chi connectivity index (χ4n) is 2.63. The maximum absolute atomic E-state index is 3.96. The zero-order chi connectivity index (χ0) is 11.7. The molecular formula is C13H28NP. The molecule has 0 atom stereocenters. The van der Waals surface area contributed by atoms with E-state index in [1.807, 2.05) is 0 Å². The molecule has 0 aromatic carbocycles. The predicted octanol–water partition coefficient (Wildman–Crippen LogP) is 4.51. The second-order valence-corrected chi connectivity index (χ2v) is 10.4. The van der Waals surface area contributed by atoms with Gasteiger partial charge >= 0.3 is 0 Å². The third-order valence-corrected chi connectivity index (χ3v) is 6.32. The van der Waals surface area contributed by atoms with Gasteiger partial charge in [-0.15, -0.1) is 0 Å². The number of hydrogen-bond acceptors (Lipinski definition) is 1. The summed E-state index contributed by atoms with van der Waals surface area (Å²) < 4.78 is 0. The molecule has 0 saturated heterocycles. The van der Waals surface area contributed by atoms with Gasteiger partial charge in [-0.2, -0.15) is 0 Å². The minimum atomic E-state index is -0.104. The van der Waals surface area contributed by atoms with Gasteiger partial charge in [-0.25, -0.2) is 0 Å². The lowest BCUT2D eigenvalue weighted by molar-refractivity contribution is 0.606. The molecule has 0 radical (unpaired) electrons. The Morgan fingerprint density at radius 3 is 1.60 bits per heavy atom. The highest BCUT2D eigenvalue weighted by Crippen LogP contribution is 2.56. The van der Waals surface area contributed by atoms with Gasteiger partial charge in [0.1, 0.15) is 0 Å². The van der Waals surface area contributed by atoms with Gasteiger partial charge in [0.25, 0.3) is 0 Å². The molecule has 0 aromatic heterocycles. The Hall–Kier alpha value is 0.390. The summed E-state index contributed by atoms with van der Waals surface area (Å²) in [7, 11) is -0.104. The molecule has 2 heteroatoms. The minimum absolute atomic E-state index is 0.104. The summed E-state index contributed by atoms with van der Waals surface area (Å²) in [5.41, 5.74) is 0. The van der Waals surface area contributed by atoms with E-state index in [2.05, 4.69) is 46.6 Å². The van der Waals surface area contributed by atoms with Crippen LogP contribution in [0.1, 0.15) is 67.2 Å². The number of hydrogen-bond donors (Lipinski definition) is 1. The summed E-state index contributed by atoms with van der Waals surface area (Å²) in [4.78, 5) is 0. The van der Waals surface area contributed by atoms with Crippen molar-refractivity contribution < 1.29 is 0 Å². The van der Waals surface area contributed by atoms with Crippen molar-refractivity contribution in [3.05, 3.63) is 0 Å². The molecule has 1 nitrogen and oxygen atoms in total. The van der Waals surface area contributed by atoms with Crippen molar-refractivity contribution >= 4 is 8.07 Å². The van der Waals surface area contributed by atoms with E-state index in [1.165, 1.54) is 25.7 Å². The number of nitrogens with one attached hydrogen (secondary N) is 1. The van der Waals surface area contributed by atoms with E-state index in [4.69, 9.17) is 0 Å². The van der Waals surface area contributed by atoms with E-state index in [9.17, 15) is 0 Å². The molecule has 0 aliphatic heterocycles. The zero-order valence-electron chi connectivity index (χ0n) is 11.4. The molecule has 1 saturated carbocycles. The Morgan fingerprint density at radius 2 is 1.27 bits per heavy atom. The van der Waals surface area contributed by atoms with Gasteiger partial charge in [-0.3, -0.25) is 5.09 Å². The van der Waals surface area contributed by atoms with E-state index in [0.29, 0.717) is 10.3 Å². The van der Waals surface area contributed by atoms with E-state index in [1.54, 1.807) is 0 Å². The maximum Gasteiger partial charge on any atom is 0.0104 e. The highest BCUT2D eigenvalue weighted by Gasteiger charge is 2.36. The third-order valence-electron chi connectivity index (χ3n) is 3.01. The van der Waals surface area contributed by atoms with Gasteiger partial charge in [-0.1, -0.05) is 54.4 Å². The summed E-state index contributed by atoms with van der Waals surface area (Å²) in [6.45, 7) is 14.3. The fraction of sp³-hybridized carbons (Fsp3) is 1.00. The van der Waals surface area contributed by atoms with Crippen LogP contribution in [-0.4, -0.2) is 16.4 Å². The summed E-state index contributed by atoms with van der Waals surface area (Å²) in [6, 6.07) is 0.801. The molecule has 0 aromatic rings. The Morgan fingerprint density at radius 1 is 0.867 bits per heavy atom. The van der Waals surface area contributed by atoms with Crippen molar-refractivity contribution in [3.8, 4) is 0 Å². The summed E-state index contributed by atoms with van der Waals surface area (Å²) in [6.07, 6.45) is 5.64. The molecule has 1 aliphatic rings. The van der Waals surface area contributed by atoms with E-state index in [0.717, 1.165) is 6.04 Å².